The highest BCUT2D eigenvalue weighted by Gasteiger charge is 2.51. The van der Waals surface area contributed by atoms with E-state index in [1.165, 1.54) is 5.56 Å². The minimum absolute atomic E-state index is 0.0550. The second kappa shape index (κ2) is 6.28. The Morgan fingerprint density at radius 3 is 2.92 bits per heavy atom. The van der Waals surface area contributed by atoms with Crippen molar-refractivity contribution in [1.82, 2.24) is 15.1 Å². The third-order valence-corrected chi connectivity index (χ3v) is 5.59. The Morgan fingerprint density at radius 2 is 2.24 bits per heavy atom. The lowest BCUT2D eigenvalue weighted by atomic mass is 9.82. The molecule has 1 aromatic heterocycles. The van der Waals surface area contributed by atoms with Crippen molar-refractivity contribution in [3.63, 3.8) is 0 Å². The van der Waals surface area contributed by atoms with Gasteiger partial charge in [-0.15, -0.1) is 0 Å². The highest BCUT2D eigenvalue weighted by Crippen LogP contribution is 2.41. The Morgan fingerprint density at radius 1 is 1.44 bits per heavy atom. The predicted octanol–water partition coefficient (Wildman–Crippen LogP) is 1.72. The lowest BCUT2D eigenvalue weighted by Gasteiger charge is -2.23. The number of nitrogens with one attached hydrogen (secondary N) is 1. The van der Waals surface area contributed by atoms with Gasteiger partial charge >= 0.3 is 0 Å². The molecule has 0 spiro atoms. The summed E-state index contributed by atoms with van der Waals surface area (Å²) in [5, 5.41) is 16.9. The van der Waals surface area contributed by atoms with Crippen LogP contribution in [-0.4, -0.2) is 59.0 Å². The number of likely N-dealkylation sites (tertiary alicyclic amines) is 1. The number of amides is 1. The number of carbonyl (C=O) groups excluding carboxylic acids is 1. The first-order chi connectivity index (χ1) is 12.1. The Bertz CT molecular complexity index is 770. The summed E-state index contributed by atoms with van der Waals surface area (Å²) in [6, 6.07) is 10.0. The van der Waals surface area contributed by atoms with Gasteiger partial charge in [-0.3, -0.25) is 9.89 Å². The average molecular weight is 341 g/mol. The van der Waals surface area contributed by atoms with Crippen molar-refractivity contribution in [1.29, 1.82) is 0 Å². The molecule has 2 aliphatic heterocycles. The molecular weight excluding hydrogens is 318 g/mol. The van der Waals surface area contributed by atoms with E-state index >= 15 is 0 Å². The Labute approximate surface area is 146 Å². The van der Waals surface area contributed by atoms with Gasteiger partial charge in [-0.2, -0.15) is 5.10 Å². The van der Waals surface area contributed by atoms with Crippen molar-refractivity contribution in [3.05, 3.63) is 41.6 Å². The van der Waals surface area contributed by atoms with Crippen LogP contribution in [0.25, 0.3) is 11.3 Å². The zero-order chi connectivity index (χ0) is 17.4. The molecule has 4 rings (SSSR count). The quantitative estimate of drug-likeness (QED) is 0.888. The van der Waals surface area contributed by atoms with E-state index in [0.29, 0.717) is 32.0 Å². The summed E-state index contributed by atoms with van der Waals surface area (Å²) < 4.78 is 5.50. The second-order valence-electron chi connectivity index (χ2n) is 7.14. The molecule has 25 heavy (non-hydrogen) atoms. The molecule has 0 unspecified atom stereocenters. The van der Waals surface area contributed by atoms with E-state index in [4.69, 9.17) is 4.74 Å². The first-order valence-electron chi connectivity index (χ1n) is 8.78. The maximum Gasteiger partial charge on any atom is 0.271 e. The number of fused-ring (bicyclic) bond motifs is 1. The van der Waals surface area contributed by atoms with Crippen LogP contribution in [0.2, 0.25) is 0 Å². The molecule has 2 atom stereocenters. The van der Waals surface area contributed by atoms with Crippen LogP contribution in [0.3, 0.4) is 0 Å². The maximum absolute atomic E-state index is 12.8. The monoisotopic (exact) mass is 341 g/mol. The van der Waals surface area contributed by atoms with Crippen LogP contribution in [0.1, 0.15) is 23.0 Å². The fourth-order valence-corrected chi connectivity index (χ4v) is 3.87. The summed E-state index contributed by atoms with van der Waals surface area (Å²) in [5.41, 5.74) is 3.23. The zero-order valence-corrected chi connectivity index (χ0v) is 14.4. The largest absolute Gasteiger partial charge is 0.396 e. The number of carbonyl (C=O) groups is 1. The Kier molecular flexibility index (Phi) is 4.09. The molecule has 6 heteroatoms. The summed E-state index contributed by atoms with van der Waals surface area (Å²) in [4.78, 5) is 14.6. The fraction of sp³-hybridized carbons (Fsp3) is 0.474. The van der Waals surface area contributed by atoms with Gasteiger partial charge in [0.05, 0.1) is 25.5 Å². The molecule has 0 radical (unpaired) electrons. The van der Waals surface area contributed by atoms with Gasteiger partial charge in [0.1, 0.15) is 5.69 Å². The number of benzene rings is 1. The SMILES string of the molecule is CCc1ccc(-c2cc(C(=O)N3C[C@H]4COC[C@@]4(CO)C3)[nH]n2)cc1. The van der Waals surface area contributed by atoms with E-state index in [0.717, 1.165) is 17.7 Å². The van der Waals surface area contributed by atoms with E-state index in [-0.39, 0.29) is 23.8 Å². The van der Waals surface area contributed by atoms with Gasteiger partial charge in [-0.05, 0) is 18.1 Å². The van der Waals surface area contributed by atoms with Crippen LogP contribution in [0.5, 0.6) is 0 Å². The average Bonchev–Trinajstić information content (AvgIpc) is 3.35. The first-order valence-corrected chi connectivity index (χ1v) is 8.78. The fourth-order valence-electron chi connectivity index (χ4n) is 3.87. The molecule has 132 valence electrons. The van der Waals surface area contributed by atoms with Gasteiger partial charge in [0.2, 0.25) is 0 Å². The summed E-state index contributed by atoms with van der Waals surface area (Å²) in [7, 11) is 0. The predicted molar refractivity (Wildman–Crippen MR) is 93.1 cm³/mol. The third kappa shape index (κ3) is 2.75. The number of hydrogen-bond donors (Lipinski definition) is 2. The van der Waals surface area contributed by atoms with Crippen LogP contribution in [0.4, 0.5) is 0 Å². The van der Waals surface area contributed by atoms with E-state index in [1.807, 2.05) is 12.1 Å². The molecule has 0 saturated carbocycles. The highest BCUT2D eigenvalue weighted by atomic mass is 16.5. The molecule has 2 aliphatic rings. The van der Waals surface area contributed by atoms with Gasteiger partial charge < -0.3 is 14.7 Å². The molecule has 2 aromatic rings. The molecule has 2 N–H and O–H groups in total. The number of hydrogen-bond acceptors (Lipinski definition) is 4. The minimum Gasteiger partial charge on any atom is -0.396 e. The highest BCUT2D eigenvalue weighted by molar-refractivity contribution is 5.93. The van der Waals surface area contributed by atoms with Crippen molar-refractivity contribution in [2.45, 2.75) is 13.3 Å². The smallest absolute Gasteiger partial charge is 0.271 e. The van der Waals surface area contributed by atoms with Crippen LogP contribution in [0.15, 0.2) is 30.3 Å². The number of aliphatic hydroxyl groups is 1. The first kappa shape index (κ1) is 16.3. The number of aromatic amines is 1. The number of aliphatic hydroxyl groups excluding tert-OH is 1. The van der Waals surface area contributed by atoms with Crippen molar-refractivity contribution < 1.29 is 14.6 Å². The summed E-state index contributed by atoms with van der Waals surface area (Å²) in [6.45, 7) is 4.47. The molecule has 6 nitrogen and oxygen atoms in total. The molecule has 1 aromatic carbocycles. The molecule has 0 bridgehead atoms. The molecule has 2 fully saturated rings. The van der Waals surface area contributed by atoms with E-state index in [2.05, 4.69) is 29.3 Å². The van der Waals surface area contributed by atoms with Crippen molar-refractivity contribution in [2.75, 3.05) is 32.9 Å². The summed E-state index contributed by atoms with van der Waals surface area (Å²) >= 11 is 0. The lowest BCUT2D eigenvalue weighted by molar-refractivity contribution is 0.0626. The van der Waals surface area contributed by atoms with E-state index in [9.17, 15) is 9.90 Å². The van der Waals surface area contributed by atoms with Crippen molar-refractivity contribution in [2.24, 2.45) is 11.3 Å². The van der Waals surface area contributed by atoms with Crippen LogP contribution < -0.4 is 0 Å². The third-order valence-electron chi connectivity index (χ3n) is 5.59. The second-order valence-corrected chi connectivity index (χ2v) is 7.14. The van der Waals surface area contributed by atoms with Gasteiger partial charge in [-0.1, -0.05) is 31.2 Å². The molecule has 1 amide bonds. The molecule has 2 saturated heterocycles. The minimum atomic E-state index is -0.297. The van der Waals surface area contributed by atoms with Gasteiger partial charge in [0.25, 0.3) is 5.91 Å². The molecular formula is C19H23N3O3. The Hall–Kier alpha value is -2.18. The van der Waals surface area contributed by atoms with Crippen LogP contribution >= 0.6 is 0 Å². The Balaban J connectivity index is 1.51. The zero-order valence-electron chi connectivity index (χ0n) is 14.4. The number of ether oxygens (including phenoxy) is 1. The van der Waals surface area contributed by atoms with Crippen LogP contribution in [0, 0.1) is 11.3 Å². The number of nitrogens with zero attached hydrogens (tertiary/aromatic N) is 2. The summed E-state index contributed by atoms with van der Waals surface area (Å²) in [6.07, 6.45) is 0.997. The van der Waals surface area contributed by atoms with E-state index in [1.54, 1.807) is 11.0 Å². The number of H-pyrrole nitrogens is 1. The van der Waals surface area contributed by atoms with Gasteiger partial charge in [-0.25, -0.2) is 0 Å². The number of aryl methyl sites for hydroxylation is 1. The standard InChI is InChI=1S/C19H23N3O3/c1-2-13-3-5-14(6-4-13)16-7-17(21-20-16)18(24)22-8-15-9-25-12-19(15,10-22)11-23/h3-7,15,23H,2,8-12H2,1H3,(H,20,21)/t15-,19-/m0/s1. The van der Waals surface area contributed by atoms with Gasteiger partial charge in [0.15, 0.2) is 0 Å². The maximum atomic E-state index is 12.8. The summed E-state index contributed by atoms with van der Waals surface area (Å²) in [5.74, 6) is 0.150. The van der Waals surface area contributed by atoms with E-state index < -0.39 is 0 Å². The molecule has 0 aliphatic carbocycles. The lowest BCUT2D eigenvalue weighted by Crippen LogP contribution is -2.36. The molecule has 3 heterocycles. The van der Waals surface area contributed by atoms with Crippen molar-refractivity contribution in [3.8, 4) is 11.3 Å². The van der Waals surface area contributed by atoms with Crippen molar-refractivity contribution >= 4 is 5.91 Å². The van der Waals surface area contributed by atoms with Crippen LogP contribution in [-0.2, 0) is 11.2 Å². The number of aromatic nitrogens is 2. The normalized spacial score (nSPS) is 25.4. The number of rotatable bonds is 4. The van der Waals surface area contributed by atoms with Gasteiger partial charge in [0, 0.05) is 30.0 Å². The topological polar surface area (TPSA) is 78.5 Å².